The molecule has 86 valence electrons. The number of nitrogens with one attached hydrogen (secondary N) is 1. The number of likely N-dealkylation sites (tertiary alicyclic amines) is 1. The second-order valence-corrected chi connectivity index (χ2v) is 4.84. The molecule has 1 N–H and O–H groups in total. The average Bonchev–Trinajstić information content (AvgIpc) is 2.61. The molecule has 0 unspecified atom stereocenters. The zero-order chi connectivity index (χ0) is 10.9. The van der Waals surface area contributed by atoms with Crippen LogP contribution in [0, 0.1) is 0 Å². The lowest BCUT2D eigenvalue weighted by atomic mass is 9.97. The molecule has 4 nitrogen and oxygen atoms in total. The van der Waals surface area contributed by atoms with Gasteiger partial charge in [0.15, 0.2) is 0 Å². The van der Waals surface area contributed by atoms with Crippen LogP contribution in [0.15, 0.2) is 0 Å². The van der Waals surface area contributed by atoms with Crippen molar-refractivity contribution in [3.8, 4) is 0 Å². The van der Waals surface area contributed by atoms with Crippen LogP contribution in [0.25, 0.3) is 0 Å². The molecule has 1 amide bonds. The zero-order valence-corrected chi connectivity index (χ0v) is 9.75. The van der Waals surface area contributed by atoms with Gasteiger partial charge in [-0.2, -0.15) is 0 Å². The number of carbonyl (C=O) groups is 1. The summed E-state index contributed by atoms with van der Waals surface area (Å²) >= 11 is 0. The maximum absolute atomic E-state index is 12.4. The van der Waals surface area contributed by atoms with E-state index in [4.69, 9.17) is 0 Å². The fraction of sp³-hybridized carbons (Fsp3) is 0.909. The quantitative estimate of drug-likeness (QED) is 0.658. The summed E-state index contributed by atoms with van der Waals surface area (Å²) in [5, 5.41) is 3.28. The molecule has 0 spiro atoms. The molecule has 0 aromatic carbocycles. The van der Waals surface area contributed by atoms with Gasteiger partial charge in [-0.1, -0.05) is 0 Å². The number of nitrogens with zero attached hydrogens (tertiary/aromatic N) is 2. The minimum atomic E-state index is -0.239. The number of hydrogen-bond acceptors (Lipinski definition) is 3. The van der Waals surface area contributed by atoms with Crippen molar-refractivity contribution < 1.29 is 4.79 Å². The minimum absolute atomic E-state index is 0.239. The molecule has 2 fully saturated rings. The Hall–Kier alpha value is -0.610. The van der Waals surface area contributed by atoms with Gasteiger partial charge in [-0.25, -0.2) is 0 Å². The van der Waals surface area contributed by atoms with Crippen molar-refractivity contribution in [1.82, 2.24) is 15.1 Å². The van der Waals surface area contributed by atoms with Crippen LogP contribution >= 0.6 is 0 Å². The normalized spacial score (nSPS) is 33.3. The van der Waals surface area contributed by atoms with Crippen LogP contribution in [0.5, 0.6) is 0 Å². The van der Waals surface area contributed by atoms with E-state index in [2.05, 4.69) is 24.2 Å². The van der Waals surface area contributed by atoms with Crippen molar-refractivity contribution in [2.75, 3.05) is 39.8 Å². The van der Waals surface area contributed by atoms with Crippen molar-refractivity contribution in [2.24, 2.45) is 0 Å². The van der Waals surface area contributed by atoms with Gasteiger partial charge in [-0.05, 0) is 33.4 Å². The second kappa shape index (κ2) is 4.10. The largest absolute Gasteiger partial charge is 0.339 e. The number of likely N-dealkylation sites (N-methyl/N-ethyl adjacent to an activating group) is 1. The Morgan fingerprint density at radius 3 is 2.47 bits per heavy atom. The molecule has 0 radical (unpaired) electrons. The first-order valence-corrected chi connectivity index (χ1v) is 5.86. The third-order valence-corrected chi connectivity index (χ3v) is 3.86. The lowest BCUT2D eigenvalue weighted by molar-refractivity contribution is -0.141. The Balaban J connectivity index is 2.05. The Morgan fingerprint density at radius 1 is 1.27 bits per heavy atom. The van der Waals surface area contributed by atoms with Gasteiger partial charge in [0.1, 0.15) is 0 Å². The third-order valence-electron chi connectivity index (χ3n) is 3.86. The van der Waals surface area contributed by atoms with Gasteiger partial charge >= 0.3 is 0 Å². The first-order chi connectivity index (χ1) is 7.14. The summed E-state index contributed by atoms with van der Waals surface area (Å²) in [6.07, 6.45) is 2.15. The maximum Gasteiger partial charge on any atom is 0.242 e. The predicted molar refractivity (Wildman–Crippen MR) is 59.7 cm³/mol. The summed E-state index contributed by atoms with van der Waals surface area (Å²) < 4.78 is 0. The highest BCUT2D eigenvalue weighted by Gasteiger charge is 2.43. The standard InChI is InChI=1S/C11H21N3O/c1-11(4-3-7-13(11)2)10(15)14-8-5-12-6-9-14/h12H,3-9H2,1-2H3/t11-/m0/s1. The van der Waals surface area contributed by atoms with E-state index in [9.17, 15) is 4.79 Å². The van der Waals surface area contributed by atoms with Crippen LogP contribution in [0.2, 0.25) is 0 Å². The van der Waals surface area contributed by atoms with E-state index in [0.717, 1.165) is 45.6 Å². The maximum atomic E-state index is 12.4. The van der Waals surface area contributed by atoms with Gasteiger partial charge in [-0.15, -0.1) is 0 Å². The Kier molecular flexibility index (Phi) is 2.98. The van der Waals surface area contributed by atoms with Crippen LogP contribution in [0.3, 0.4) is 0 Å². The molecule has 4 heteroatoms. The van der Waals surface area contributed by atoms with Crippen LogP contribution in [0.1, 0.15) is 19.8 Å². The molecule has 0 aliphatic carbocycles. The molecule has 15 heavy (non-hydrogen) atoms. The molecular formula is C11H21N3O. The van der Waals surface area contributed by atoms with E-state index in [1.165, 1.54) is 0 Å². The SMILES string of the molecule is CN1CCC[C@@]1(C)C(=O)N1CCNCC1. The number of rotatable bonds is 1. The van der Waals surface area contributed by atoms with E-state index in [1.54, 1.807) is 0 Å². The molecule has 2 aliphatic heterocycles. The third kappa shape index (κ3) is 1.88. The van der Waals surface area contributed by atoms with Crippen molar-refractivity contribution in [3.05, 3.63) is 0 Å². The second-order valence-electron chi connectivity index (χ2n) is 4.84. The Labute approximate surface area is 91.6 Å². The highest BCUT2D eigenvalue weighted by atomic mass is 16.2. The van der Waals surface area contributed by atoms with Gasteiger partial charge < -0.3 is 10.2 Å². The summed E-state index contributed by atoms with van der Waals surface area (Å²) in [5.41, 5.74) is -0.239. The lowest BCUT2D eigenvalue weighted by Gasteiger charge is -2.38. The van der Waals surface area contributed by atoms with E-state index in [0.29, 0.717) is 5.91 Å². The van der Waals surface area contributed by atoms with Crippen molar-refractivity contribution in [2.45, 2.75) is 25.3 Å². The summed E-state index contributed by atoms with van der Waals surface area (Å²) in [6.45, 7) is 6.74. The molecule has 0 bridgehead atoms. The molecule has 2 saturated heterocycles. The Morgan fingerprint density at radius 2 is 1.93 bits per heavy atom. The van der Waals surface area contributed by atoms with E-state index >= 15 is 0 Å². The molecule has 0 aromatic heterocycles. The first kappa shape index (κ1) is 10.9. The molecule has 2 heterocycles. The van der Waals surface area contributed by atoms with Crippen LogP contribution in [-0.2, 0) is 4.79 Å². The molecule has 1 atom stereocenters. The number of hydrogen-bond donors (Lipinski definition) is 1. The number of amides is 1. The highest BCUT2D eigenvalue weighted by Crippen LogP contribution is 2.29. The molecular weight excluding hydrogens is 190 g/mol. The topological polar surface area (TPSA) is 35.6 Å². The van der Waals surface area contributed by atoms with Crippen LogP contribution < -0.4 is 5.32 Å². The van der Waals surface area contributed by atoms with Crippen LogP contribution in [-0.4, -0.2) is 61.0 Å². The van der Waals surface area contributed by atoms with Crippen molar-refractivity contribution in [3.63, 3.8) is 0 Å². The minimum Gasteiger partial charge on any atom is -0.339 e. The molecule has 0 saturated carbocycles. The van der Waals surface area contributed by atoms with Gasteiger partial charge in [0.25, 0.3) is 0 Å². The van der Waals surface area contributed by atoms with Gasteiger partial charge in [0, 0.05) is 26.2 Å². The molecule has 2 rings (SSSR count). The predicted octanol–water partition coefficient (Wildman–Crippen LogP) is -0.0975. The summed E-state index contributed by atoms with van der Waals surface area (Å²) in [5.74, 6) is 0.323. The highest BCUT2D eigenvalue weighted by molar-refractivity contribution is 5.86. The van der Waals surface area contributed by atoms with Crippen molar-refractivity contribution in [1.29, 1.82) is 0 Å². The monoisotopic (exact) mass is 211 g/mol. The van der Waals surface area contributed by atoms with Gasteiger partial charge in [0.05, 0.1) is 5.54 Å². The fourth-order valence-corrected chi connectivity index (χ4v) is 2.58. The Bertz CT molecular complexity index is 250. The van der Waals surface area contributed by atoms with Crippen molar-refractivity contribution >= 4 is 5.91 Å². The first-order valence-electron chi connectivity index (χ1n) is 5.86. The van der Waals surface area contributed by atoms with E-state index < -0.39 is 0 Å². The number of carbonyl (C=O) groups excluding carboxylic acids is 1. The summed E-state index contributed by atoms with van der Waals surface area (Å²) in [7, 11) is 2.06. The van der Waals surface area contributed by atoms with E-state index in [1.807, 2.05) is 4.90 Å². The average molecular weight is 211 g/mol. The van der Waals surface area contributed by atoms with Crippen LogP contribution in [0.4, 0.5) is 0 Å². The smallest absolute Gasteiger partial charge is 0.242 e. The number of piperazine rings is 1. The molecule has 2 aliphatic rings. The van der Waals surface area contributed by atoms with Gasteiger partial charge in [0.2, 0.25) is 5.91 Å². The summed E-state index contributed by atoms with van der Waals surface area (Å²) in [4.78, 5) is 16.6. The van der Waals surface area contributed by atoms with Gasteiger partial charge in [-0.3, -0.25) is 9.69 Å². The zero-order valence-electron chi connectivity index (χ0n) is 9.75. The van der Waals surface area contributed by atoms with E-state index in [-0.39, 0.29) is 5.54 Å². The summed E-state index contributed by atoms with van der Waals surface area (Å²) in [6, 6.07) is 0. The molecule has 0 aromatic rings. The lowest BCUT2D eigenvalue weighted by Crippen LogP contribution is -2.57. The fourth-order valence-electron chi connectivity index (χ4n) is 2.58.